The summed E-state index contributed by atoms with van der Waals surface area (Å²) in [6, 6.07) is 5.41. The number of carbonyl (C=O) groups excluding carboxylic acids is 1. The summed E-state index contributed by atoms with van der Waals surface area (Å²) in [4.78, 5) is 27.6. The van der Waals surface area contributed by atoms with Gasteiger partial charge < -0.3 is 19.5 Å². The number of nitrogens with one attached hydrogen (secondary N) is 1. The summed E-state index contributed by atoms with van der Waals surface area (Å²) >= 11 is 0. The Hall–Kier alpha value is -3.26. The highest BCUT2D eigenvalue weighted by Gasteiger charge is 2.16. The van der Waals surface area contributed by atoms with E-state index in [1.54, 1.807) is 41.5 Å². The van der Waals surface area contributed by atoms with E-state index in [2.05, 4.69) is 25.2 Å². The maximum atomic E-state index is 12.5. The summed E-state index contributed by atoms with van der Waals surface area (Å²) in [5.74, 6) is 0.509. The molecule has 8 nitrogen and oxygen atoms in total. The highest BCUT2D eigenvalue weighted by molar-refractivity contribution is 6.03. The van der Waals surface area contributed by atoms with Crippen LogP contribution in [0.2, 0.25) is 0 Å². The van der Waals surface area contributed by atoms with Gasteiger partial charge in [-0.1, -0.05) is 0 Å². The maximum absolute atomic E-state index is 12.5. The molecule has 27 heavy (non-hydrogen) atoms. The highest BCUT2D eigenvalue weighted by atomic mass is 16.5. The number of rotatable bonds is 4. The molecule has 138 valence electrons. The number of nitrogens with zero attached hydrogens (tertiary/aromatic N) is 5. The lowest BCUT2D eigenvalue weighted by molar-refractivity contribution is 0.101. The minimum absolute atomic E-state index is 0.192. The lowest BCUT2D eigenvalue weighted by Gasteiger charge is -2.26. The molecule has 4 heterocycles. The van der Waals surface area contributed by atoms with Crippen molar-refractivity contribution >= 4 is 17.5 Å². The van der Waals surface area contributed by atoms with Crippen LogP contribution in [0.1, 0.15) is 10.5 Å². The summed E-state index contributed by atoms with van der Waals surface area (Å²) in [6.45, 7) is 2.98. The maximum Gasteiger partial charge on any atom is 0.272 e. The largest absolute Gasteiger partial charge is 0.378 e. The van der Waals surface area contributed by atoms with Gasteiger partial charge in [-0.15, -0.1) is 0 Å². The second kappa shape index (κ2) is 7.55. The van der Waals surface area contributed by atoms with Crippen molar-refractivity contribution in [3.05, 3.63) is 54.9 Å². The number of hydrogen-bond acceptors (Lipinski definition) is 6. The second-order valence-electron chi connectivity index (χ2n) is 6.29. The third-order valence-corrected chi connectivity index (χ3v) is 4.42. The van der Waals surface area contributed by atoms with Gasteiger partial charge in [-0.25, -0.2) is 9.97 Å². The molecule has 1 fully saturated rings. The highest BCUT2D eigenvalue weighted by Crippen LogP contribution is 2.22. The van der Waals surface area contributed by atoms with E-state index in [9.17, 15) is 4.79 Å². The first-order valence-electron chi connectivity index (χ1n) is 8.73. The van der Waals surface area contributed by atoms with Crippen molar-refractivity contribution in [1.29, 1.82) is 0 Å². The molecule has 3 aromatic heterocycles. The molecule has 1 aliphatic heterocycles. The van der Waals surface area contributed by atoms with Gasteiger partial charge in [0, 0.05) is 56.1 Å². The van der Waals surface area contributed by atoms with Gasteiger partial charge in [-0.05, 0) is 18.2 Å². The van der Waals surface area contributed by atoms with Crippen molar-refractivity contribution in [1.82, 2.24) is 19.5 Å². The van der Waals surface area contributed by atoms with Crippen LogP contribution in [0.25, 0.3) is 11.1 Å². The predicted molar refractivity (Wildman–Crippen MR) is 102 cm³/mol. The standard InChI is InChI=1S/C19H20N6O2/c1-24-13-14(9-17(24)18(26)23-16-3-2-4-20-12-16)15-10-21-19(22-11-15)25-5-7-27-8-6-25/h2-4,9-13H,5-8H2,1H3,(H,23,26). The Labute approximate surface area is 156 Å². The molecule has 3 aromatic rings. The fraction of sp³-hybridized carbons (Fsp3) is 0.263. The first-order chi connectivity index (χ1) is 13.2. The number of amides is 1. The van der Waals surface area contributed by atoms with Crippen molar-refractivity contribution in [3.63, 3.8) is 0 Å². The number of pyridine rings is 1. The fourth-order valence-corrected chi connectivity index (χ4v) is 2.98. The molecule has 0 aliphatic carbocycles. The topological polar surface area (TPSA) is 85.2 Å². The molecule has 1 N–H and O–H groups in total. The van der Waals surface area contributed by atoms with Crippen LogP contribution in [0, 0.1) is 0 Å². The molecular formula is C19H20N6O2. The summed E-state index contributed by atoms with van der Waals surface area (Å²) in [7, 11) is 1.84. The van der Waals surface area contributed by atoms with E-state index in [1.165, 1.54) is 0 Å². The molecule has 0 saturated carbocycles. The zero-order valence-corrected chi connectivity index (χ0v) is 15.0. The molecule has 0 bridgehead atoms. The number of aryl methyl sites for hydroxylation is 1. The van der Waals surface area contributed by atoms with Gasteiger partial charge in [0.15, 0.2) is 0 Å². The Balaban J connectivity index is 1.51. The lowest BCUT2D eigenvalue weighted by Crippen LogP contribution is -2.37. The summed E-state index contributed by atoms with van der Waals surface area (Å²) in [5, 5.41) is 2.84. The zero-order valence-electron chi connectivity index (χ0n) is 15.0. The van der Waals surface area contributed by atoms with Gasteiger partial charge in [0.1, 0.15) is 5.69 Å². The molecule has 4 rings (SSSR count). The van der Waals surface area contributed by atoms with Crippen molar-refractivity contribution in [2.45, 2.75) is 0 Å². The minimum atomic E-state index is -0.192. The predicted octanol–water partition coefficient (Wildman–Crippen LogP) is 1.97. The van der Waals surface area contributed by atoms with Crippen LogP contribution in [0.5, 0.6) is 0 Å². The van der Waals surface area contributed by atoms with E-state index >= 15 is 0 Å². The Morgan fingerprint density at radius 2 is 1.93 bits per heavy atom. The van der Waals surface area contributed by atoms with Gasteiger partial charge in [-0.2, -0.15) is 0 Å². The monoisotopic (exact) mass is 364 g/mol. The molecule has 0 unspecified atom stereocenters. The zero-order chi connectivity index (χ0) is 18.6. The molecule has 0 aromatic carbocycles. The molecule has 0 atom stereocenters. The van der Waals surface area contributed by atoms with Crippen LogP contribution < -0.4 is 10.2 Å². The van der Waals surface area contributed by atoms with Gasteiger partial charge >= 0.3 is 0 Å². The van der Waals surface area contributed by atoms with E-state index < -0.39 is 0 Å². The first kappa shape index (κ1) is 17.2. The van der Waals surface area contributed by atoms with Crippen molar-refractivity contribution in [3.8, 4) is 11.1 Å². The van der Waals surface area contributed by atoms with Crippen LogP contribution in [-0.4, -0.2) is 51.7 Å². The number of aromatic nitrogens is 4. The van der Waals surface area contributed by atoms with Gasteiger partial charge in [0.2, 0.25) is 5.95 Å². The van der Waals surface area contributed by atoms with Crippen LogP contribution in [-0.2, 0) is 11.8 Å². The number of anilines is 2. The normalized spacial score (nSPS) is 14.2. The van der Waals surface area contributed by atoms with E-state index in [1.807, 2.05) is 19.3 Å². The molecule has 1 amide bonds. The van der Waals surface area contributed by atoms with E-state index in [0.29, 0.717) is 30.5 Å². The van der Waals surface area contributed by atoms with Crippen molar-refractivity contribution < 1.29 is 9.53 Å². The quantitative estimate of drug-likeness (QED) is 0.762. The van der Waals surface area contributed by atoms with Crippen LogP contribution in [0.3, 0.4) is 0 Å². The smallest absolute Gasteiger partial charge is 0.272 e. The van der Waals surface area contributed by atoms with E-state index in [0.717, 1.165) is 24.2 Å². The summed E-state index contributed by atoms with van der Waals surface area (Å²) in [6.07, 6.45) is 8.74. The van der Waals surface area contributed by atoms with Gasteiger partial charge in [-0.3, -0.25) is 9.78 Å². The molecule has 0 spiro atoms. The number of carbonyl (C=O) groups is 1. The van der Waals surface area contributed by atoms with Gasteiger partial charge in [0.25, 0.3) is 5.91 Å². The Bertz CT molecular complexity index is 917. The fourth-order valence-electron chi connectivity index (χ4n) is 2.98. The van der Waals surface area contributed by atoms with Crippen molar-refractivity contribution in [2.75, 3.05) is 36.5 Å². The Morgan fingerprint density at radius 3 is 2.63 bits per heavy atom. The summed E-state index contributed by atoms with van der Waals surface area (Å²) in [5.41, 5.74) is 2.96. The van der Waals surface area contributed by atoms with E-state index in [4.69, 9.17) is 4.74 Å². The molecule has 1 aliphatic rings. The van der Waals surface area contributed by atoms with Crippen LogP contribution >= 0.6 is 0 Å². The summed E-state index contributed by atoms with van der Waals surface area (Å²) < 4.78 is 7.14. The lowest BCUT2D eigenvalue weighted by atomic mass is 10.2. The number of hydrogen-bond donors (Lipinski definition) is 1. The third kappa shape index (κ3) is 3.80. The Morgan fingerprint density at radius 1 is 1.15 bits per heavy atom. The minimum Gasteiger partial charge on any atom is -0.378 e. The molecule has 1 saturated heterocycles. The van der Waals surface area contributed by atoms with E-state index in [-0.39, 0.29) is 5.91 Å². The second-order valence-corrected chi connectivity index (χ2v) is 6.29. The first-order valence-corrected chi connectivity index (χ1v) is 8.73. The average molecular weight is 364 g/mol. The van der Waals surface area contributed by atoms with Crippen molar-refractivity contribution in [2.24, 2.45) is 7.05 Å². The van der Waals surface area contributed by atoms with Crippen LogP contribution in [0.4, 0.5) is 11.6 Å². The Kier molecular flexibility index (Phi) is 4.80. The number of ether oxygens (including phenoxy) is 1. The SMILES string of the molecule is Cn1cc(-c2cnc(N3CCOCC3)nc2)cc1C(=O)Nc1cccnc1. The number of morpholine rings is 1. The van der Waals surface area contributed by atoms with Gasteiger partial charge in [0.05, 0.1) is 25.1 Å². The molecular weight excluding hydrogens is 344 g/mol. The third-order valence-electron chi connectivity index (χ3n) is 4.42. The molecule has 0 radical (unpaired) electrons. The molecule has 8 heteroatoms. The van der Waals surface area contributed by atoms with Crippen LogP contribution in [0.15, 0.2) is 49.2 Å². The average Bonchev–Trinajstić information content (AvgIpc) is 3.11.